The van der Waals surface area contributed by atoms with Gasteiger partial charge in [0.2, 0.25) is 0 Å². The summed E-state index contributed by atoms with van der Waals surface area (Å²) in [5, 5.41) is 0. The fraction of sp³-hybridized carbons (Fsp3) is 0.357. The van der Waals surface area contributed by atoms with Gasteiger partial charge in [-0.25, -0.2) is 0 Å². The van der Waals surface area contributed by atoms with Crippen LogP contribution >= 0.6 is 0 Å². The molecule has 194 valence electrons. The molecule has 0 aliphatic carbocycles. The molecule has 0 unspecified atom stereocenters. The van der Waals surface area contributed by atoms with Crippen molar-refractivity contribution in [2.45, 2.75) is 24.9 Å². The van der Waals surface area contributed by atoms with Gasteiger partial charge < -0.3 is 26.6 Å². The molecule has 8 heteroatoms. The zero-order chi connectivity index (χ0) is 26.0. The molecule has 0 fully saturated rings. The molecule has 0 N–H and O–H groups in total. The minimum atomic E-state index is -2.63. The molecule has 6 nitrogen and oxygen atoms in total. The summed E-state index contributed by atoms with van der Waals surface area (Å²) in [5.41, 5.74) is 7.19. The van der Waals surface area contributed by atoms with Gasteiger partial charge in [0.25, 0.3) is 0 Å². The van der Waals surface area contributed by atoms with E-state index in [1.165, 1.54) is 33.4 Å². The first kappa shape index (κ1) is 28.4. The van der Waals surface area contributed by atoms with Crippen LogP contribution in [0.2, 0.25) is 12.1 Å². The van der Waals surface area contributed by atoms with E-state index in [9.17, 15) is 0 Å². The molecule has 0 aliphatic heterocycles. The van der Waals surface area contributed by atoms with Gasteiger partial charge in [0.15, 0.2) is 0 Å². The number of rotatable bonds is 14. The molecule has 0 aromatic heterocycles. The van der Waals surface area contributed by atoms with E-state index in [1.54, 1.807) is 42.7 Å². The molecule has 0 spiro atoms. The number of aryl methyl sites for hydroxylation is 2. The maximum Gasteiger partial charge on any atom is 0.500 e. The highest BCUT2D eigenvalue weighted by Gasteiger charge is 2.38. The molecule has 0 bridgehead atoms. The lowest BCUT2D eigenvalue weighted by Crippen LogP contribution is -2.43. The lowest BCUT2D eigenvalue weighted by Gasteiger charge is -2.24. The Hall–Kier alpha value is -2.15. The Morgan fingerprint density at radius 3 is 1.42 bits per heavy atom. The van der Waals surface area contributed by atoms with Gasteiger partial charge in [0.05, 0.1) is 0 Å². The third-order valence-electron chi connectivity index (χ3n) is 6.74. The van der Waals surface area contributed by atoms with E-state index in [1.807, 2.05) is 6.07 Å². The van der Waals surface area contributed by atoms with Crippen molar-refractivity contribution in [3.63, 3.8) is 0 Å². The molecule has 36 heavy (non-hydrogen) atoms. The molecule has 0 heterocycles. The predicted octanol–water partition coefficient (Wildman–Crippen LogP) is 5.86. The number of benzene rings is 3. The van der Waals surface area contributed by atoms with Crippen molar-refractivity contribution in [2.24, 2.45) is 0 Å². The van der Waals surface area contributed by atoms with E-state index in [4.69, 9.17) is 26.6 Å². The highest BCUT2D eigenvalue weighted by Crippen LogP contribution is 2.34. The van der Waals surface area contributed by atoms with Crippen molar-refractivity contribution in [3.8, 4) is 22.3 Å². The van der Waals surface area contributed by atoms with Crippen LogP contribution in [-0.2, 0) is 39.4 Å². The molecule has 0 atom stereocenters. The van der Waals surface area contributed by atoms with Gasteiger partial charge in [-0.15, -0.1) is 0 Å². The Labute approximate surface area is 217 Å². The topological polar surface area (TPSA) is 55.4 Å². The van der Waals surface area contributed by atoms with Crippen molar-refractivity contribution >= 4 is 17.6 Å². The van der Waals surface area contributed by atoms with Crippen LogP contribution in [0.5, 0.6) is 0 Å². The first-order valence-corrected chi connectivity index (χ1v) is 15.9. The van der Waals surface area contributed by atoms with Crippen LogP contribution in [0.4, 0.5) is 0 Å². The normalized spacial score (nSPS) is 12.2. The predicted molar refractivity (Wildman–Crippen MR) is 148 cm³/mol. The largest absolute Gasteiger partial charge is 0.500 e. The Balaban J connectivity index is 1.87. The van der Waals surface area contributed by atoms with Crippen molar-refractivity contribution in [2.75, 3.05) is 42.7 Å². The highest BCUT2D eigenvalue weighted by molar-refractivity contribution is 6.60. The summed E-state index contributed by atoms with van der Waals surface area (Å²) in [6.07, 6.45) is 1.64. The van der Waals surface area contributed by atoms with E-state index < -0.39 is 17.6 Å². The first-order chi connectivity index (χ1) is 17.5. The van der Waals surface area contributed by atoms with Crippen LogP contribution in [0, 0.1) is 0 Å². The molecule has 0 saturated carbocycles. The minimum absolute atomic E-state index is 0.716. The molecule has 3 aromatic carbocycles. The zero-order valence-electron chi connectivity index (χ0n) is 22.2. The summed E-state index contributed by atoms with van der Waals surface area (Å²) in [7, 11) is 4.70. The third-order valence-corrected chi connectivity index (χ3v) is 12.2. The molecular weight excluding hydrogens is 488 g/mol. The Bertz CT molecular complexity index is 1050. The molecule has 0 saturated heterocycles. The van der Waals surface area contributed by atoms with Gasteiger partial charge in [-0.05, 0) is 46.2 Å². The molecule has 0 aliphatic rings. The van der Waals surface area contributed by atoms with Crippen molar-refractivity contribution in [3.05, 3.63) is 83.9 Å². The van der Waals surface area contributed by atoms with E-state index in [0.717, 1.165) is 18.9 Å². The van der Waals surface area contributed by atoms with E-state index in [0.29, 0.717) is 6.04 Å². The number of hydrogen-bond donors (Lipinski definition) is 0. The SMILES string of the molecule is CO[Si](CCc1ccc(-c2ccc(CC[Si](OC)(OC)OC)cc2-c2ccccc2)cc1)(OC)OC. The Kier molecular flexibility index (Phi) is 10.6. The Morgan fingerprint density at radius 2 is 0.917 bits per heavy atom. The molecular formula is C28H38O6Si2. The standard InChI is InChI=1S/C28H38O6Si2/c1-29-35(30-2,31-3)20-18-23-12-15-26(16-13-23)27-17-14-24(19-21-36(32-4,33-5)34-6)22-28(27)25-10-8-7-9-11-25/h7-17,22H,18-21H2,1-6H3. The molecule has 3 aromatic rings. The van der Waals surface area contributed by atoms with Crippen LogP contribution in [0.25, 0.3) is 22.3 Å². The minimum Gasteiger partial charge on any atom is -0.377 e. The second-order valence-electron chi connectivity index (χ2n) is 8.53. The summed E-state index contributed by atoms with van der Waals surface area (Å²) < 4.78 is 33.5. The molecule has 3 rings (SSSR count). The summed E-state index contributed by atoms with van der Waals surface area (Å²) >= 11 is 0. The van der Waals surface area contributed by atoms with Crippen LogP contribution in [-0.4, -0.2) is 60.3 Å². The maximum absolute atomic E-state index is 5.61. The van der Waals surface area contributed by atoms with Crippen molar-refractivity contribution in [1.29, 1.82) is 0 Å². The van der Waals surface area contributed by atoms with Gasteiger partial charge in [0, 0.05) is 54.7 Å². The summed E-state index contributed by atoms with van der Waals surface area (Å²) in [6.45, 7) is 0. The van der Waals surface area contributed by atoms with E-state index >= 15 is 0 Å². The first-order valence-electron chi connectivity index (χ1n) is 12.1. The summed E-state index contributed by atoms with van der Waals surface area (Å²) in [5.74, 6) is 0. The lowest BCUT2D eigenvalue weighted by molar-refractivity contribution is 0.123. The second kappa shape index (κ2) is 13.4. The fourth-order valence-electron chi connectivity index (χ4n) is 4.41. The number of hydrogen-bond acceptors (Lipinski definition) is 6. The smallest absolute Gasteiger partial charge is 0.377 e. The quantitative estimate of drug-likeness (QED) is 0.245. The van der Waals surface area contributed by atoms with Crippen molar-refractivity contribution < 1.29 is 26.6 Å². The summed E-state index contributed by atoms with van der Waals surface area (Å²) in [6, 6.07) is 27.3. The fourth-order valence-corrected chi connectivity index (χ4v) is 7.83. The van der Waals surface area contributed by atoms with Gasteiger partial charge >= 0.3 is 17.6 Å². The van der Waals surface area contributed by atoms with Gasteiger partial charge in [-0.3, -0.25) is 0 Å². The van der Waals surface area contributed by atoms with Crippen LogP contribution in [0.15, 0.2) is 72.8 Å². The highest BCUT2D eigenvalue weighted by atomic mass is 28.4. The molecule has 0 radical (unpaired) electrons. The van der Waals surface area contributed by atoms with Gasteiger partial charge in [-0.1, -0.05) is 72.8 Å². The Morgan fingerprint density at radius 1 is 0.472 bits per heavy atom. The summed E-state index contributed by atoms with van der Waals surface area (Å²) in [4.78, 5) is 0. The van der Waals surface area contributed by atoms with E-state index in [-0.39, 0.29) is 0 Å². The zero-order valence-corrected chi connectivity index (χ0v) is 24.2. The molecule has 0 amide bonds. The van der Waals surface area contributed by atoms with Gasteiger partial charge in [-0.2, -0.15) is 0 Å². The van der Waals surface area contributed by atoms with Crippen LogP contribution in [0.1, 0.15) is 11.1 Å². The van der Waals surface area contributed by atoms with Crippen LogP contribution < -0.4 is 0 Å². The average molecular weight is 527 g/mol. The van der Waals surface area contributed by atoms with E-state index in [2.05, 4.69) is 66.7 Å². The average Bonchev–Trinajstić information content (AvgIpc) is 2.96. The van der Waals surface area contributed by atoms with Crippen LogP contribution in [0.3, 0.4) is 0 Å². The lowest BCUT2D eigenvalue weighted by atomic mass is 9.92. The maximum atomic E-state index is 5.61. The van der Waals surface area contributed by atoms with Crippen molar-refractivity contribution in [1.82, 2.24) is 0 Å². The third kappa shape index (κ3) is 6.78. The monoisotopic (exact) mass is 526 g/mol. The second-order valence-corrected chi connectivity index (χ2v) is 14.7. The van der Waals surface area contributed by atoms with Gasteiger partial charge in [0.1, 0.15) is 0 Å².